The Morgan fingerprint density at radius 3 is 1.43 bits per heavy atom. The van der Waals surface area contributed by atoms with Gasteiger partial charge < -0.3 is 5.11 Å². The second-order valence-corrected chi connectivity index (χ2v) is 8.73. The summed E-state index contributed by atoms with van der Waals surface area (Å²) in [6.07, 6.45) is 4.83. The average Bonchev–Trinajstić information content (AvgIpc) is 2.86. The highest BCUT2D eigenvalue weighted by Gasteiger charge is 2.18. The van der Waals surface area contributed by atoms with Crippen LogP contribution >= 0.6 is 0 Å². The third kappa shape index (κ3) is 8.33. The molecule has 7 heteroatoms. The van der Waals surface area contributed by atoms with Crippen molar-refractivity contribution in [1.29, 1.82) is 0 Å². The number of rotatable bonds is 12. The second-order valence-electron chi connectivity index (χ2n) is 8.73. The maximum absolute atomic E-state index is 11.2. The molecule has 0 saturated heterocycles. The van der Waals surface area contributed by atoms with Gasteiger partial charge in [0, 0.05) is 63.6 Å². The Morgan fingerprint density at radius 2 is 1.03 bits per heavy atom. The normalized spacial score (nSPS) is 12.2. The monoisotopic (exact) mass is 468 g/mol. The summed E-state index contributed by atoms with van der Waals surface area (Å²) < 4.78 is 0. The van der Waals surface area contributed by atoms with Crippen molar-refractivity contribution in [1.82, 2.24) is 29.7 Å². The van der Waals surface area contributed by atoms with Gasteiger partial charge in [0.25, 0.3) is 0 Å². The molecular weight excluding hydrogens is 436 g/mol. The Balaban J connectivity index is 1.46. The molecule has 4 aromatic heterocycles. The van der Waals surface area contributed by atoms with Gasteiger partial charge in [0.1, 0.15) is 0 Å². The lowest BCUT2D eigenvalue weighted by atomic mass is 10.2. The first kappa shape index (κ1) is 24.6. The van der Waals surface area contributed by atoms with E-state index in [1.54, 1.807) is 18.6 Å². The average molecular weight is 469 g/mol. The van der Waals surface area contributed by atoms with Crippen LogP contribution in [0, 0.1) is 6.92 Å². The van der Waals surface area contributed by atoms with Crippen LogP contribution in [-0.4, -0.2) is 54.0 Å². The highest BCUT2D eigenvalue weighted by molar-refractivity contribution is 5.11. The quantitative estimate of drug-likeness (QED) is 0.340. The van der Waals surface area contributed by atoms with E-state index in [-0.39, 0.29) is 0 Å². The molecular formula is C28H32N6O. The molecule has 0 aromatic carbocycles. The summed E-state index contributed by atoms with van der Waals surface area (Å²) in [5.41, 5.74) is 4.85. The first-order valence-corrected chi connectivity index (χ1v) is 11.9. The first-order valence-electron chi connectivity index (χ1n) is 11.9. The maximum Gasteiger partial charge on any atom is 0.0794 e. The van der Waals surface area contributed by atoms with Crippen molar-refractivity contribution in [2.45, 2.75) is 39.2 Å². The number of hydrogen-bond donors (Lipinski definition) is 1. The van der Waals surface area contributed by atoms with Crippen LogP contribution in [0.15, 0.2) is 91.4 Å². The Morgan fingerprint density at radius 1 is 0.600 bits per heavy atom. The fraction of sp³-hybridized carbons (Fsp3) is 0.286. The molecule has 0 aliphatic rings. The van der Waals surface area contributed by atoms with Gasteiger partial charge in [-0.3, -0.25) is 29.7 Å². The van der Waals surface area contributed by atoms with Crippen LogP contribution in [0.3, 0.4) is 0 Å². The standard InChI is InChI=1S/C28H32N6O/c1-23-9-8-13-27(32-23)20-34(19-26-12-4-7-16-31-26)22-28(35)21-33(17-24-10-2-5-14-29-24)18-25-11-3-6-15-30-25/h2-16,28,35H,17-22H2,1H3. The summed E-state index contributed by atoms with van der Waals surface area (Å²) in [4.78, 5) is 22.5. The highest BCUT2D eigenvalue weighted by atomic mass is 16.3. The maximum atomic E-state index is 11.2. The zero-order chi connectivity index (χ0) is 24.3. The summed E-state index contributed by atoms with van der Waals surface area (Å²) in [5, 5.41) is 11.2. The zero-order valence-corrected chi connectivity index (χ0v) is 20.1. The zero-order valence-electron chi connectivity index (χ0n) is 20.1. The van der Waals surface area contributed by atoms with E-state index in [1.165, 1.54) is 0 Å². The molecule has 1 unspecified atom stereocenters. The Kier molecular flexibility index (Phi) is 9.00. The third-order valence-electron chi connectivity index (χ3n) is 5.60. The third-order valence-corrected chi connectivity index (χ3v) is 5.60. The molecule has 0 aliphatic heterocycles. The van der Waals surface area contributed by atoms with Crippen molar-refractivity contribution in [3.05, 3.63) is 120 Å². The number of aryl methyl sites for hydroxylation is 1. The minimum atomic E-state index is -0.573. The molecule has 0 bridgehead atoms. The number of nitrogens with zero attached hydrogens (tertiary/aromatic N) is 6. The summed E-state index contributed by atoms with van der Waals surface area (Å²) in [7, 11) is 0. The van der Waals surface area contributed by atoms with E-state index in [4.69, 9.17) is 0 Å². The topological polar surface area (TPSA) is 78.3 Å². The van der Waals surface area contributed by atoms with Gasteiger partial charge >= 0.3 is 0 Å². The molecule has 0 aliphatic carbocycles. The molecule has 1 atom stereocenters. The summed E-state index contributed by atoms with van der Waals surface area (Å²) in [6, 6.07) is 23.8. The highest BCUT2D eigenvalue weighted by Crippen LogP contribution is 2.12. The van der Waals surface area contributed by atoms with Crippen LogP contribution in [0.2, 0.25) is 0 Å². The molecule has 0 amide bonds. The molecule has 0 saturated carbocycles. The minimum absolute atomic E-state index is 0.493. The van der Waals surface area contributed by atoms with Gasteiger partial charge in [-0.05, 0) is 55.5 Å². The van der Waals surface area contributed by atoms with E-state index < -0.39 is 6.10 Å². The predicted octanol–water partition coefficient (Wildman–Crippen LogP) is 3.64. The number of aliphatic hydroxyl groups excluding tert-OH is 1. The van der Waals surface area contributed by atoms with Crippen LogP contribution in [0.5, 0.6) is 0 Å². The van der Waals surface area contributed by atoms with Gasteiger partial charge in [0.15, 0.2) is 0 Å². The molecule has 4 aromatic rings. The van der Waals surface area contributed by atoms with Gasteiger partial charge in [-0.2, -0.15) is 0 Å². The van der Waals surface area contributed by atoms with Crippen molar-refractivity contribution in [2.75, 3.05) is 13.1 Å². The molecule has 4 rings (SSSR count). The van der Waals surface area contributed by atoms with Gasteiger partial charge in [-0.15, -0.1) is 0 Å². The molecule has 0 radical (unpaired) electrons. The Labute approximate surface area is 207 Å². The number of aromatic nitrogens is 4. The van der Waals surface area contributed by atoms with Gasteiger partial charge in [0.2, 0.25) is 0 Å². The fourth-order valence-corrected chi connectivity index (χ4v) is 4.10. The number of aliphatic hydroxyl groups is 1. The van der Waals surface area contributed by atoms with Crippen LogP contribution in [0.1, 0.15) is 28.5 Å². The van der Waals surface area contributed by atoms with Crippen molar-refractivity contribution in [2.24, 2.45) is 0 Å². The molecule has 1 N–H and O–H groups in total. The van der Waals surface area contributed by atoms with Gasteiger partial charge in [-0.25, -0.2) is 0 Å². The van der Waals surface area contributed by atoms with E-state index in [9.17, 15) is 5.11 Å². The largest absolute Gasteiger partial charge is 0.390 e. The lowest BCUT2D eigenvalue weighted by Crippen LogP contribution is -2.40. The fourth-order valence-electron chi connectivity index (χ4n) is 4.10. The molecule has 180 valence electrons. The van der Waals surface area contributed by atoms with Gasteiger partial charge in [-0.1, -0.05) is 24.3 Å². The number of hydrogen-bond acceptors (Lipinski definition) is 7. The van der Waals surface area contributed by atoms with E-state index in [0.717, 1.165) is 28.5 Å². The van der Waals surface area contributed by atoms with Crippen LogP contribution in [0.4, 0.5) is 0 Å². The van der Waals surface area contributed by atoms with Gasteiger partial charge in [0.05, 0.1) is 28.9 Å². The lowest BCUT2D eigenvalue weighted by molar-refractivity contribution is 0.0615. The van der Waals surface area contributed by atoms with E-state index in [0.29, 0.717) is 39.3 Å². The first-order chi connectivity index (χ1) is 17.1. The summed E-state index contributed by atoms with van der Waals surface area (Å²) in [6.45, 7) is 5.51. The smallest absolute Gasteiger partial charge is 0.0794 e. The van der Waals surface area contributed by atoms with E-state index >= 15 is 0 Å². The second kappa shape index (κ2) is 12.8. The van der Waals surface area contributed by atoms with Crippen molar-refractivity contribution < 1.29 is 5.11 Å². The van der Waals surface area contributed by atoms with Crippen LogP contribution in [0.25, 0.3) is 0 Å². The van der Waals surface area contributed by atoms with Crippen molar-refractivity contribution in [3.63, 3.8) is 0 Å². The lowest BCUT2D eigenvalue weighted by Gasteiger charge is -2.29. The van der Waals surface area contributed by atoms with Crippen molar-refractivity contribution in [3.8, 4) is 0 Å². The van der Waals surface area contributed by atoms with E-state index in [1.807, 2.05) is 79.7 Å². The molecule has 0 fully saturated rings. The summed E-state index contributed by atoms with van der Waals surface area (Å²) >= 11 is 0. The molecule has 4 heterocycles. The van der Waals surface area contributed by atoms with E-state index in [2.05, 4.69) is 29.7 Å². The molecule has 35 heavy (non-hydrogen) atoms. The minimum Gasteiger partial charge on any atom is -0.390 e. The Bertz CT molecular complexity index is 1100. The van der Waals surface area contributed by atoms with Crippen LogP contribution in [-0.2, 0) is 26.2 Å². The molecule has 7 nitrogen and oxygen atoms in total. The van der Waals surface area contributed by atoms with Crippen LogP contribution < -0.4 is 0 Å². The number of pyridine rings is 4. The molecule has 0 spiro atoms. The van der Waals surface area contributed by atoms with Crippen molar-refractivity contribution >= 4 is 0 Å². The Hall–Kier alpha value is -3.52. The predicted molar refractivity (Wildman–Crippen MR) is 136 cm³/mol. The summed E-state index contributed by atoms with van der Waals surface area (Å²) in [5.74, 6) is 0. The SMILES string of the molecule is Cc1cccc(CN(Cc2ccccn2)CC(O)CN(Cc2ccccn2)Cc2ccccn2)n1.